The molecule has 220 valence electrons. The summed E-state index contributed by atoms with van der Waals surface area (Å²) in [7, 11) is 0. The zero-order chi connectivity index (χ0) is 31.2. The van der Waals surface area contributed by atoms with Gasteiger partial charge in [-0.15, -0.1) is 0 Å². The first-order valence-electron chi connectivity index (χ1n) is 16.5. The summed E-state index contributed by atoms with van der Waals surface area (Å²) in [5.41, 5.74) is 10.2. The molecule has 10 rings (SSSR count). The van der Waals surface area contributed by atoms with E-state index in [1.54, 1.807) is 0 Å². The SMILES string of the molecule is Cc1c(C)n(-c2ccc(-c3c4ccccc4c(-c4ccccc4)c4ccccc34)cc2)c2c1cc1ccc3cccc4ccc2c1c34. The van der Waals surface area contributed by atoms with E-state index < -0.39 is 0 Å². The van der Waals surface area contributed by atoms with Crippen LogP contribution in [0.1, 0.15) is 11.3 Å². The highest BCUT2D eigenvalue weighted by atomic mass is 15.0. The second-order valence-electron chi connectivity index (χ2n) is 12.9. The molecule has 0 amide bonds. The Morgan fingerprint density at radius 3 is 1.53 bits per heavy atom. The number of nitrogens with zero attached hydrogens (tertiary/aromatic N) is 1. The summed E-state index contributed by atoms with van der Waals surface area (Å²) in [6.45, 7) is 4.53. The maximum absolute atomic E-state index is 2.48. The van der Waals surface area contributed by atoms with Crippen LogP contribution >= 0.6 is 0 Å². The predicted molar refractivity (Wildman–Crippen MR) is 202 cm³/mol. The van der Waals surface area contributed by atoms with Gasteiger partial charge in [0.2, 0.25) is 0 Å². The maximum atomic E-state index is 2.48. The van der Waals surface area contributed by atoms with E-state index >= 15 is 0 Å². The van der Waals surface area contributed by atoms with Crippen LogP contribution in [0.3, 0.4) is 0 Å². The van der Waals surface area contributed by atoms with Crippen molar-refractivity contribution in [2.45, 2.75) is 13.8 Å². The first-order chi connectivity index (χ1) is 23.2. The van der Waals surface area contributed by atoms with Crippen LogP contribution in [0.2, 0.25) is 0 Å². The fourth-order valence-corrected chi connectivity index (χ4v) is 8.31. The molecule has 0 fully saturated rings. The molecule has 0 aliphatic rings. The molecule has 0 aliphatic carbocycles. The Morgan fingerprint density at radius 1 is 0.383 bits per heavy atom. The third-order valence-corrected chi connectivity index (χ3v) is 10.5. The minimum Gasteiger partial charge on any atom is -0.313 e. The Balaban J connectivity index is 1.22. The van der Waals surface area contributed by atoms with E-state index in [1.807, 2.05) is 0 Å². The van der Waals surface area contributed by atoms with Gasteiger partial charge >= 0.3 is 0 Å². The lowest BCUT2D eigenvalue weighted by Gasteiger charge is -2.18. The predicted octanol–water partition coefficient (Wildman–Crippen LogP) is 12.8. The van der Waals surface area contributed by atoms with E-state index in [4.69, 9.17) is 0 Å². The molecule has 1 nitrogen and oxygen atoms in total. The zero-order valence-electron chi connectivity index (χ0n) is 26.4. The van der Waals surface area contributed by atoms with E-state index in [0.717, 1.165) is 0 Å². The van der Waals surface area contributed by atoms with Gasteiger partial charge in [-0.1, -0.05) is 133 Å². The summed E-state index contributed by atoms with van der Waals surface area (Å²) < 4.78 is 2.48. The normalized spacial score (nSPS) is 12.0. The Kier molecular flexibility index (Phi) is 5.48. The lowest BCUT2D eigenvalue weighted by molar-refractivity contribution is 1.04. The molecule has 0 saturated heterocycles. The number of benzene rings is 9. The van der Waals surface area contributed by atoms with Gasteiger partial charge in [-0.05, 0) is 108 Å². The van der Waals surface area contributed by atoms with Crippen LogP contribution in [-0.4, -0.2) is 4.57 Å². The molecule has 9 aromatic carbocycles. The van der Waals surface area contributed by atoms with Crippen LogP contribution in [0.25, 0.3) is 92.7 Å². The van der Waals surface area contributed by atoms with Crippen molar-refractivity contribution in [3.8, 4) is 27.9 Å². The van der Waals surface area contributed by atoms with Crippen molar-refractivity contribution in [3.63, 3.8) is 0 Å². The van der Waals surface area contributed by atoms with Gasteiger partial charge in [-0.25, -0.2) is 0 Å². The number of fused-ring (bicyclic) bond motifs is 4. The minimum atomic E-state index is 1.19. The van der Waals surface area contributed by atoms with Crippen molar-refractivity contribution in [3.05, 3.63) is 163 Å². The number of aromatic nitrogens is 1. The summed E-state index contributed by atoms with van der Waals surface area (Å²) in [6, 6.07) is 56.1. The molecular formula is C46H31N. The highest BCUT2D eigenvalue weighted by Gasteiger charge is 2.20. The lowest BCUT2D eigenvalue weighted by atomic mass is 9.86. The van der Waals surface area contributed by atoms with E-state index in [0.29, 0.717) is 0 Å². The molecule has 1 heterocycles. The molecular weight excluding hydrogens is 567 g/mol. The molecule has 0 aliphatic heterocycles. The van der Waals surface area contributed by atoms with Crippen LogP contribution in [0.15, 0.2) is 152 Å². The average molecular weight is 598 g/mol. The summed E-state index contributed by atoms with van der Waals surface area (Å²) in [5.74, 6) is 0. The van der Waals surface area contributed by atoms with E-state index in [9.17, 15) is 0 Å². The fourth-order valence-electron chi connectivity index (χ4n) is 8.31. The van der Waals surface area contributed by atoms with Crippen molar-refractivity contribution >= 4 is 64.8 Å². The van der Waals surface area contributed by atoms with E-state index in [1.165, 1.54) is 104 Å². The molecule has 47 heavy (non-hydrogen) atoms. The minimum absolute atomic E-state index is 1.19. The summed E-state index contributed by atoms with van der Waals surface area (Å²) in [6.07, 6.45) is 0. The fraction of sp³-hybridized carbons (Fsp3) is 0.0435. The average Bonchev–Trinajstić information content (AvgIpc) is 3.38. The quantitative estimate of drug-likeness (QED) is 0.141. The Morgan fingerprint density at radius 2 is 0.915 bits per heavy atom. The Hall–Kier alpha value is -5.92. The van der Waals surface area contributed by atoms with Gasteiger partial charge in [-0.2, -0.15) is 0 Å². The van der Waals surface area contributed by atoms with Crippen molar-refractivity contribution in [2.75, 3.05) is 0 Å². The van der Waals surface area contributed by atoms with Crippen LogP contribution in [0.4, 0.5) is 0 Å². The first kappa shape index (κ1) is 26.3. The van der Waals surface area contributed by atoms with Gasteiger partial charge in [0.25, 0.3) is 0 Å². The summed E-state index contributed by atoms with van der Waals surface area (Å²) in [5, 5.41) is 14.4. The molecule has 1 aromatic heterocycles. The first-order valence-corrected chi connectivity index (χ1v) is 16.5. The van der Waals surface area contributed by atoms with Crippen molar-refractivity contribution in [1.29, 1.82) is 0 Å². The van der Waals surface area contributed by atoms with Gasteiger partial charge in [0.1, 0.15) is 0 Å². The summed E-state index contributed by atoms with van der Waals surface area (Å²) >= 11 is 0. The van der Waals surface area contributed by atoms with Gasteiger partial charge in [0.15, 0.2) is 0 Å². The van der Waals surface area contributed by atoms with Gasteiger partial charge in [-0.3, -0.25) is 0 Å². The lowest BCUT2D eigenvalue weighted by Crippen LogP contribution is -1.98. The molecule has 0 atom stereocenters. The second-order valence-corrected chi connectivity index (χ2v) is 12.9. The van der Waals surface area contributed by atoms with Gasteiger partial charge in [0.05, 0.1) is 5.52 Å². The smallest absolute Gasteiger partial charge is 0.0613 e. The molecule has 1 heteroatoms. The van der Waals surface area contributed by atoms with Gasteiger partial charge in [0, 0.05) is 22.2 Å². The molecule has 0 saturated carbocycles. The van der Waals surface area contributed by atoms with E-state index in [-0.39, 0.29) is 0 Å². The topological polar surface area (TPSA) is 4.93 Å². The van der Waals surface area contributed by atoms with Crippen LogP contribution in [0, 0.1) is 13.8 Å². The monoisotopic (exact) mass is 597 g/mol. The number of rotatable bonds is 3. The Labute approximate surface area is 273 Å². The van der Waals surface area contributed by atoms with Crippen LogP contribution < -0.4 is 0 Å². The van der Waals surface area contributed by atoms with Gasteiger partial charge < -0.3 is 4.57 Å². The van der Waals surface area contributed by atoms with Crippen molar-refractivity contribution < 1.29 is 0 Å². The summed E-state index contributed by atoms with van der Waals surface area (Å²) in [4.78, 5) is 0. The number of hydrogen-bond donors (Lipinski definition) is 0. The molecule has 0 spiro atoms. The van der Waals surface area contributed by atoms with Crippen molar-refractivity contribution in [1.82, 2.24) is 4.57 Å². The third-order valence-electron chi connectivity index (χ3n) is 10.5. The Bertz CT molecular complexity index is 2760. The van der Waals surface area contributed by atoms with Crippen LogP contribution in [0.5, 0.6) is 0 Å². The third kappa shape index (κ3) is 3.66. The highest BCUT2D eigenvalue weighted by molar-refractivity contribution is 6.29. The standard InChI is InChI=1S/C46H31N/c1-28-29(2)47(46-40-26-23-32-14-10-13-31-19-20-34(27-41(28)46)45(40)42(31)32)35-24-21-33(22-25-35)44-38-17-8-6-15-36(38)43(30-11-4-3-5-12-30)37-16-7-9-18-39(37)44/h3-27H,1-2H3. The van der Waals surface area contributed by atoms with Crippen LogP contribution in [-0.2, 0) is 0 Å². The second kappa shape index (κ2) is 9.79. The molecule has 0 N–H and O–H groups in total. The molecule has 0 bridgehead atoms. The largest absolute Gasteiger partial charge is 0.313 e. The van der Waals surface area contributed by atoms with E-state index in [2.05, 4.69) is 170 Å². The highest BCUT2D eigenvalue weighted by Crippen LogP contribution is 2.45. The maximum Gasteiger partial charge on any atom is 0.0613 e. The van der Waals surface area contributed by atoms with Crippen molar-refractivity contribution in [2.24, 2.45) is 0 Å². The molecule has 10 aromatic rings. The number of hydrogen-bond acceptors (Lipinski definition) is 0. The molecule has 0 unspecified atom stereocenters. The molecule has 0 radical (unpaired) electrons. The zero-order valence-corrected chi connectivity index (χ0v) is 26.4. The number of aryl methyl sites for hydroxylation is 1.